The Morgan fingerprint density at radius 1 is 1.26 bits per heavy atom. The molecule has 3 N–H and O–H groups in total. The zero-order valence-corrected chi connectivity index (χ0v) is 15.2. The Labute approximate surface area is 146 Å². The molecule has 0 spiro atoms. The number of nitrogens with one attached hydrogen (secondary N) is 3. The van der Waals surface area contributed by atoms with Crippen LogP contribution in [-0.4, -0.2) is 31.1 Å². The van der Waals surface area contributed by atoms with E-state index in [-0.39, 0.29) is 35.8 Å². The molecule has 130 valence electrons. The maximum Gasteiger partial charge on any atom is 0.223 e. The van der Waals surface area contributed by atoms with Crippen molar-refractivity contribution in [1.82, 2.24) is 16.0 Å². The van der Waals surface area contributed by atoms with Gasteiger partial charge in [0.2, 0.25) is 5.91 Å². The summed E-state index contributed by atoms with van der Waals surface area (Å²) in [7, 11) is 0. The van der Waals surface area contributed by atoms with Crippen LogP contribution >= 0.6 is 12.4 Å². The summed E-state index contributed by atoms with van der Waals surface area (Å²) in [4.78, 5) is 12.2. The molecule has 1 saturated heterocycles. The Kier molecular flexibility index (Phi) is 8.03. The maximum absolute atomic E-state index is 12.2. The van der Waals surface area contributed by atoms with E-state index in [1.54, 1.807) is 0 Å². The van der Waals surface area contributed by atoms with E-state index in [9.17, 15) is 4.79 Å². The van der Waals surface area contributed by atoms with Gasteiger partial charge in [0.25, 0.3) is 0 Å². The number of piperidine rings is 1. The minimum Gasteiger partial charge on any atom is -0.354 e. The second-order valence-corrected chi connectivity index (χ2v) is 6.90. The number of carbonyl (C=O) groups excluding carboxylic acids is 1. The Balaban J connectivity index is 0.00000264. The van der Waals surface area contributed by atoms with Gasteiger partial charge in [-0.15, -0.1) is 12.4 Å². The van der Waals surface area contributed by atoms with Crippen molar-refractivity contribution in [2.24, 2.45) is 5.92 Å². The van der Waals surface area contributed by atoms with Crippen LogP contribution in [0.4, 0.5) is 0 Å². The van der Waals surface area contributed by atoms with Gasteiger partial charge in [0.05, 0.1) is 0 Å². The van der Waals surface area contributed by atoms with E-state index >= 15 is 0 Å². The van der Waals surface area contributed by atoms with Crippen molar-refractivity contribution >= 4 is 18.3 Å². The van der Waals surface area contributed by atoms with Gasteiger partial charge >= 0.3 is 0 Å². The lowest BCUT2D eigenvalue weighted by Gasteiger charge is -2.32. The smallest absolute Gasteiger partial charge is 0.223 e. The Hall–Kier alpha value is -1.10. The fourth-order valence-corrected chi connectivity index (χ4v) is 3.00. The summed E-state index contributed by atoms with van der Waals surface area (Å²) < 4.78 is 0. The predicted octanol–water partition coefficient (Wildman–Crippen LogP) is 2.65. The number of halogens is 1. The SMILES string of the molecule is CC(NC(C)(C)CNC(=O)C1CCNCC1)c1ccccc1.Cl. The molecule has 5 heteroatoms. The highest BCUT2D eigenvalue weighted by Gasteiger charge is 2.25. The van der Waals surface area contributed by atoms with Crippen LogP contribution in [0.25, 0.3) is 0 Å². The molecule has 1 fully saturated rings. The quantitative estimate of drug-likeness (QED) is 0.747. The Morgan fingerprint density at radius 3 is 2.48 bits per heavy atom. The number of rotatable bonds is 6. The van der Waals surface area contributed by atoms with Crippen molar-refractivity contribution < 1.29 is 4.79 Å². The lowest BCUT2D eigenvalue weighted by atomic mass is 9.96. The summed E-state index contributed by atoms with van der Waals surface area (Å²) in [5.41, 5.74) is 1.12. The molecule has 1 heterocycles. The molecule has 1 aromatic rings. The van der Waals surface area contributed by atoms with Gasteiger partial charge in [-0.05, 0) is 52.3 Å². The minimum atomic E-state index is -0.141. The van der Waals surface area contributed by atoms with Crippen molar-refractivity contribution in [3.8, 4) is 0 Å². The molecule has 0 aliphatic carbocycles. The second kappa shape index (κ2) is 9.26. The third-order valence-corrected chi connectivity index (χ3v) is 4.32. The first-order valence-corrected chi connectivity index (χ1v) is 8.29. The third kappa shape index (κ3) is 6.50. The highest BCUT2D eigenvalue weighted by molar-refractivity contribution is 5.85. The number of hydrogen-bond acceptors (Lipinski definition) is 3. The Bertz CT molecular complexity index is 472. The Morgan fingerprint density at radius 2 is 1.87 bits per heavy atom. The lowest BCUT2D eigenvalue weighted by Crippen LogP contribution is -2.51. The van der Waals surface area contributed by atoms with Gasteiger partial charge in [-0.25, -0.2) is 0 Å². The zero-order valence-electron chi connectivity index (χ0n) is 14.4. The molecule has 1 aliphatic heterocycles. The molecule has 1 aliphatic rings. The van der Waals surface area contributed by atoms with Gasteiger partial charge in [-0.2, -0.15) is 0 Å². The van der Waals surface area contributed by atoms with E-state index in [2.05, 4.69) is 61.0 Å². The van der Waals surface area contributed by atoms with Gasteiger partial charge in [0.1, 0.15) is 0 Å². The van der Waals surface area contributed by atoms with Crippen LogP contribution in [0.3, 0.4) is 0 Å². The van der Waals surface area contributed by atoms with Crippen molar-refractivity contribution in [3.63, 3.8) is 0 Å². The van der Waals surface area contributed by atoms with E-state index in [4.69, 9.17) is 0 Å². The van der Waals surface area contributed by atoms with Gasteiger partial charge < -0.3 is 16.0 Å². The number of carbonyl (C=O) groups is 1. The standard InChI is InChI=1S/C18H29N3O.ClH/c1-14(15-7-5-4-6-8-15)21-18(2,3)13-20-17(22)16-9-11-19-12-10-16;/h4-8,14,16,19,21H,9-13H2,1-3H3,(H,20,22);1H. The monoisotopic (exact) mass is 339 g/mol. The van der Waals surface area contributed by atoms with Crippen LogP contribution in [0, 0.1) is 5.92 Å². The first-order chi connectivity index (χ1) is 10.5. The molecule has 1 amide bonds. The molecule has 0 radical (unpaired) electrons. The highest BCUT2D eigenvalue weighted by Crippen LogP contribution is 2.16. The third-order valence-electron chi connectivity index (χ3n) is 4.32. The second-order valence-electron chi connectivity index (χ2n) is 6.90. The van der Waals surface area contributed by atoms with Crippen molar-refractivity contribution in [2.75, 3.05) is 19.6 Å². The number of amides is 1. The first kappa shape index (κ1) is 19.9. The highest BCUT2D eigenvalue weighted by atomic mass is 35.5. The molecule has 0 saturated carbocycles. The molecule has 0 aromatic heterocycles. The molecular formula is C18H30ClN3O. The van der Waals surface area contributed by atoms with E-state index in [1.807, 2.05) is 6.07 Å². The van der Waals surface area contributed by atoms with Crippen LogP contribution < -0.4 is 16.0 Å². The first-order valence-electron chi connectivity index (χ1n) is 8.29. The number of hydrogen-bond donors (Lipinski definition) is 3. The summed E-state index contributed by atoms with van der Waals surface area (Å²) >= 11 is 0. The molecule has 2 rings (SSSR count). The average Bonchev–Trinajstić information content (AvgIpc) is 2.54. The largest absolute Gasteiger partial charge is 0.354 e. The fourth-order valence-electron chi connectivity index (χ4n) is 3.00. The lowest BCUT2D eigenvalue weighted by molar-refractivity contribution is -0.126. The predicted molar refractivity (Wildman–Crippen MR) is 97.9 cm³/mol. The van der Waals surface area contributed by atoms with E-state index in [0.29, 0.717) is 6.54 Å². The average molecular weight is 340 g/mol. The topological polar surface area (TPSA) is 53.2 Å². The van der Waals surface area contributed by atoms with Gasteiger partial charge in [-0.3, -0.25) is 4.79 Å². The molecule has 1 atom stereocenters. The molecule has 1 aromatic carbocycles. The summed E-state index contributed by atoms with van der Waals surface area (Å²) in [5, 5.41) is 10.0. The van der Waals surface area contributed by atoms with E-state index in [1.165, 1.54) is 5.56 Å². The summed E-state index contributed by atoms with van der Waals surface area (Å²) in [6, 6.07) is 10.6. The fraction of sp³-hybridized carbons (Fsp3) is 0.611. The molecule has 4 nitrogen and oxygen atoms in total. The molecular weight excluding hydrogens is 310 g/mol. The molecule has 1 unspecified atom stereocenters. The van der Waals surface area contributed by atoms with Gasteiger partial charge in [0.15, 0.2) is 0 Å². The van der Waals surface area contributed by atoms with Crippen LogP contribution in [0.1, 0.15) is 45.2 Å². The normalized spacial score (nSPS) is 17.2. The summed E-state index contributed by atoms with van der Waals surface area (Å²) in [6.45, 7) is 8.97. The van der Waals surface area contributed by atoms with Gasteiger partial charge in [-0.1, -0.05) is 30.3 Å². The maximum atomic E-state index is 12.2. The van der Waals surface area contributed by atoms with E-state index in [0.717, 1.165) is 25.9 Å². The molecule has 23 heavy (non-hydrogen) atoms. The van der Waals surface area contributed by atoms with Crippen LogP contribution in [0.15, 0.2) is 30.3 Å². The number of benzene rings is 1. The molecule has 0 bridgehead atoms. The summed E-state index contributed by atoms with van der Waals surface area (Å²) in [5.74, 6) is 0.368. The zero-order chi connectivity index (χ0) is 16.0. The van der Waals surface area contributed by atoms with E-state index < -0.39 is 0 Å². The van der Waals surface area contributed by atoms with Crippen molar-refractivity contribution in [2.45, 2.75) is 45.2 Å². The van der Waals surface area contributed by atoms with Crippen molar-refractivity contribution in [3.05, 3.63) is 35.9 Å². The summed E-state index contributed by atoms with van der Waals surface area (Å²) in [6.07, 6.45) is 1.89. The van der Waals surface area contributed by atoms with Crippen molar-refractivity contribution in [1.29, 1.82) is 0 Å². The van der Waals surface area contributed by atoms with Crippen LogP contribution in [0.5, 0.6) is 0 Å². The van der Waals surface area contributed by atoms with Gasteiger partial charge in [0, 0.05) is 24.0 Å². The van der Waals surface area contributed by atoms with Crippen LogP contribution in [0.2, 0.25) is 0 Å². The van der Waals surface area contributed by atoms with Crippen LogP contribution in [-0.2, 0) is 4.79 Å². The minimum absolute atomic E-state index is 0.